The lowest BCUT2D eigenvalue weighted by molar-refractivity contribution is 0.0468. The molecule has 10 heteroatoms. The van der Waals surface area contributed by atoms with Gasteiger partial charge in [-0.1, -0.05) is 22.2 Å². The zero-order chi connectivity index (χ0) is 16.4. The van der Waals surface area contributed by atoms with E-state index in [1.54, 1.807) is 18.2 Å². The topological polar surface area (TPSA) is 89.5 Å². The van der Waals surface area contributed by atoms with Crippen molar-refractivity contribution in [1.82, 2.24) is 9.59 Å². The molecule has 122 valence electrons. The van der Waals surface area contributed by atoms with Gasteiger partial charge in [0.05, 0.1) is 17.0 Å². The Balaban J connectivity index is 1.74. The molecule has 0 atom stereocenters. The first-order chi connectivity index (χ1) is 11.0. The number of carbonyl (C=O) groups excluding carboxylic acids is 1. The van der Waals surface area contributed by atoms with E-state index in [1.807, 2.05) is 0 Å². The summed E-state index contributed by atoms with van der Waals surface area (Å²) < 4.78 is 34.4. The lowest BCUT2D eigenvalue weighted by Gasteiger charge is -2.17. The lowest BCUT2D eigenvalue weighted by atomic mass is 10.2. The largest absolute Gasteiger partial charge is 0.455 e. The highest BCUT2D eigenvalue weighted by atomic mass is 35.5. The number of hydrogen-bond donors (Lipinski definition) is 0. The molecule has 3 rings (SSSR count). The number of benzene rings is 1. The quantitative estimate of drug-likeness (QED) is 0.762. The lowest BCUT2D eigenvalue weighted by Crippen LogP contribution is -2.25. The molecule has 1 aliphatic heterocycles. The van der Waals surface area contributed by atoms with E-state index in [4.69, 9.17) is 16.3 Å². The van der Waals surface area contributed by atoms with E-state index in [1.165, 1.54) is 10.4 Å². The maximum Gasteiger partial charge on any atom is 0.338 e. The summed E-state index contributed by atoms with van der Waals surface area (Å²) in [6, 6.07) is 6.35. The van der Waals surface area contributed by atoms with Gasteiger partial charge >= 0.3 is 5.97 Å². The Kier molecular flexibility index (Phi) is 4.51. The summed E-state index contributed by atoms with van der Waals surface area (Å²) in [5.74, 6) is -0.454. The summed E-state index contributed by atoms with van der Waals surface area (Å²) in [5.41, 5.74) is 1.12. The SMILES string of the molecule is O=C(OCc1nnsc1Cl)c1cccc(N2CCCS2(=O)=O)c1. The Bertz CT molecular complexity index is 837. The second kappa shape index (κ2) is 6.42. The fraction of sp³-hybridized carbons (Fsp3) is 0.308. The molecule has 1 aromatic heterocycles. The van der Waals surface area contributed by atoms with Gasteiger partial charge in [-0.25, -0.2) is 13.2 Å². The van der Waals surface area contributed by atoms with Gasteiger partial charge in [0.15, 0.2) is 0 Å². The highest BCUT2D eigenvalue weighted by molar-refractivity contribution is 7.93. The predicted octanol–water partition coefficient (Wildman–Crippen LogP) is 2.09. The number of nitrogens with zero attached hydrogens (tertiary/aromatic N) is 3. The first-order valence-electron chi connectivity index (χ1n) is 6.72. The Hall–Kier alpha value is -1.71. The molecule has 0 unspecified atom stereocenters. The van der Waals surface area contributed by atoms with Gasteiger partial charge in [0, 0.05) is 18.1 Å². The maximum atomic E-state index is 12.1. The van der Waals surface area contributed by atoms with Crippen molar-refractivity contribution in [3.8, 4) is 0 Å². The van der Waals surface area contributed by atoms with Gasteiger partial charge in [-0.05, 0) is 24.6 Å². The number of hydrogen-bond acceptors (Lipinski definition) is 7. The second-order valence-corrected chi connectivity index (χ2v) is 8.23. The molecular weight excluding hydrogens is 362 g/mol. The van der Waals surface area contributed by atoms with Crippen molar-refractivity contribution < 1.29 is 17.9 Å². The molecule has 1 fully saturated rings. The van der Waals surface area contributed by atoms with E-state index in [-0.39, 0.29) is 17.9 Å². The third-order valence-electron chi connectivity index (χ3n) is 3.32. The van der Waals surface area contributed by atoms with Gasteiger partial charge in [-0.15, -0.1) is 5.10 Å². The number of aromatic nitrogens is 2. The van der Waals surface area contributed by atoms with E-state index < -0.39 is 16.0 Å². The summed E-state index contributed by atoms with van der Waals surface area (Å²) in [6.45, 7) is 0.335. The van der Waals surface area contributed by atoms with Crippen LogP contribution in [0, 0.1) is 0 Å². The van der Waals surface area contributed by atoms with Crippen LogP contribution in [0.25, 0.3) is 0 Å². The monoisotopic (exact) mass is 373 g/mol. The van der Waals surface area contributed by atoms with Crippen molar-refractivity contribution in [2.24, 2.45) is 0 Å². The van der Waals surface area contributed by atoms with E-state index in [0.29, 0.717) is 28.7 Å². The van der Waals surface area contributed by atoms with Crippen molar-refractivity contribution in [3.63, 3.8) is 0 Å². The van der Waals surface area contributed by atoms with Gasteiger partial charge in [0.2, 0.25) is 10.0 Å². The van der Waals surface area contributed by atoms with Crippen LogP contribution in [0.2, 0.25) is 4.34 Å². The average Bonchev–Trinajstić information content (AvgIpc) is 3.10. The first-order valence-corrected chi connectivity index (χ1v) is 9.48. The molecule has 0 aliphatic carbocycles. The molecule has 23 heavy (non-hydrogen) atoms. The number of anilines is 1. The van der Waals surface area contributed by atoms with Crippen molar-refractivity contribution >= 4 is 44.8 Å². The molecular formula is C13H12ClN3O4S2. The van der Waals surface area contributed by atoms with Crippen LogP contribution >= 0.6 is 23.1 Å². The third-order valence-corrected chi connectivity index (χ3v) is 6.17. The number of sulfonamides is 1. The summed E-state index contributed by atoms with van der Waals surface area (Å²) in [7, 11) is -3.29. The summed E-state index contributed by atoms with van der Waals surface area (Å²) in [6.07, 6.45) is 0.576. The Morgan fingerprint density at radius 1 is 1.43 bits per heavy atom. The Labute approximate surface area is 142 Å². The fourth-order valence-corrected chi connectivity index (χ4v) is 4.38. The zero-order valence-electron chi connectivity index (χ0n) is 11.8. The number of ether oxygens (including phenoxy) is 1. The molecule has 1 aromatic carbocycles. The Morgan fingerprint density at radius 2 is 2.26 bits per heavy atom. The molecule has 0 radical (unpaired) electrons. The number of esters is 1. The van der Waals surface area contributed by atoms with Crippen LogP contribution < -0.4 is 4.31 Å². The van der Waals surface area contributed by atoms with Crippen molar-refractivity contribution in [1.29, 1.82) is 0 Å². The number of rotatable bonds is 4. The zero-order valence-corrected chi connectivity index (χ0v) is 14.2. The summed E-state index contributed by atoms with van der Waals surface area (Å²) in [5, 5.41) is 3.75. The normalized spacial score (nSPS) is 16.5. The van der Waals surface area contributed by atoms with Gasteiger partial charge in [-0.3, -0.25) is 4.31 Å². The molecule has 1 saturated heterocycles. The molecule has 2 aromatic rings. The van der Waals surface area contributed by atoms with Crippen LogP contribution in [0.4, 0.5) is 5.69 Å². The van der Waals surface area contributed by atoms with Crippen LogP contribution in [0.15, 0.2) is 24.3 Å². The van der Waals surface area contributed by atoms with Gasteiger partial charge in [0.25, 0.3) is 0 Å². The molecule has 7 nitrogen and oxygen atoms in total. The molecule has 0 saturated carbocycles. The molecule has 2 heterocycles. The number of halogens is 1. The highest BCUT2D eigenvalue weighted by Gasteiger charge is 2.28. The van der Waals surface area contributed by atoms with Crippen LogP contribution in [0.3, 0.4) is 0 Å². The second-order valence-electron chi connectivity index (χ2n) is 4.86. The maximum absolute atomic E-state index is 12.1. The summed E-state index contributed by atoms with van der Waals surface area (Å²) >= 11 is 6.85. The minimum Gasteiger partial charge on any atom is -0.455 e. The van der Waals surface area contributed by atoms with Crippen molar-refractivity contribution in [2.45, 2.75) is 13.0 Å². The van der Waals surface area contributed by atoms with E-state index in [0.717, 1.165) is 11.5 Å². The van der Waals surface area contributed by atoms with E-state index >= 15 is 0 Å². The molecule has 0 N–H and O–H groups in total. The minimum atomic E-state index is -3.29. The van der Waals surface area contributed by atoms with Crippen molar-refractivity contribution in [2.75, 3.05) is 16.6 Å². The first kappa shape index (κ1) is 16.2. The van der Waals surface area contributed by atoms with Crippen LogP contribution in [-0.2, 0) is 21.4 Å². The highest BCUT2D eigenvalue weighted by Crippen LogP contribution is 2.25. The fourth-order valence-electron chi connectivity index (χ4n) is 2.22. The van der Waals surface area contributed by atoms with Crippen molar-refractivity contribution in [3.05, 3.63) is 39.9 Å². The standard InChI is InChI=1S/C13H12ClN3O4S2/c14-12-11(15-16-22-12)8-21-13(18)9-3-1-4-10(7-9)17-5-2-6-23(17,19)20/h1,3-4,7H,2,5-6,8H2. The average molecular weight is 374 g/mol. The van der Waals surface area contributed by atoms with Crippen LogP contribution in [0.5, 0.6) is 0 Å². The third kappa shape index (κ3) is 3.46. The van der Waals surface area contributed by atoms with Gasteiger partial charge in [-0.2, -0.15) is 0 Å². The molecule has 1 aliphatic rings. The molecule has 0 bridgehead atoms. The van der Waals surface area contributed by atoms with E-state index in [2.05, 4.69) is 9.59 Å². The summed E-state index contributed by atoms with van der Waals surface area (Å²) in [4.78, 5) is 12.1. The molecule has 0 amide bonds. The van der Waals surface area contributed by atoms with E-state index in [9.17, 15) is 13.2 Å². The van der Waals surface area contributed by atoms with Gasteiger partial charge in [0.1, 0.15) is 16.6 Å². The number of carbonyl (C=O) groups is 1. The predicted molar refractivity (Wildman–Crippen MR) is 86.2 cm³/mol. The molecule has 0 spiro atoms. The van der Waals surface area contributed by atoms with Gasteiger partial charge < -0.3 is 4.74 Å². The van der Waals surface area contributed by atoms with Crippen LogP contribution in [0.1, 0.15) is 22.5 Å². The smallest absolute Gasteiger partial charge is 0.338 e. The Morgan fingerprint density at radius 3 is 2.91 bits per heavy atom. The minimum absolute atomic E-state index is 0.0829. The van der Waals surface area contributed by atoms with Crippen LogP contribution in [-0.4, -0.2) is 36.3 Å².